The largest absolute Gasteiger partial charge is 0.336 e. The molecule has 0 bridgehead atoms. The van der Waals surface area contributed by atoms with Gasteiger partial charge in [0.2, 0.25) is 10.0 Å². The number of hydrogen-bond acceptors (Lipinski definition) is 5. The number of carbonyl (C=O) groups is 1. The molecule has 2 aromatic carbocycles. The minimum atomic E-state index is -3.25. The van der Waals surface area contributed by atoms with E-state index in [2.05, 4.69) is 12.1 Å². The average Bonchev–Trinajstić information content (AvgIpc) is 3.04. The Balaban J connectivity index is 1.57. The molecule has 2 aromatic rings. The fourth-order valence-corrected chi connectivity index (χ4v) is 4.88. The van der Waals surface area contributed by atoms with E-state index in [9.17, 15) is 13.2 Å². The molecule has 2 aliphatic heterocycles. The summed E-state index contributed by atoms with van der Waals surface area (Å²) >= 11 is 0. The van der Waals surface area contributed by atoms with Gasteiger partial charge in [-0.1, -0.05) is 48.5 Å². The molecule has 158 valence electrons. The topological polar surface area (TPSA) is 73.3 Å². The fourth-order valence-electron chi connectivity index (χ4n) is 4.00. The number of nitrogens with zero attached hydrogens (tertiary/aromatic N) is 4. The molecule has 1 fully saturated rings. The number of carbonyl (C=O) groups excluding carboxylic acids is 1. The van der Waals surface area contributed by atoms with E-state index in [-0.39, 0.29) is 11.9 Å². The van der Waals surface area contributed by atoms with Crippen molar-refractivity contribution in [3.05, 3.63) is 66.2 Å². The molecule has 2 aliphatic rings. The zero-order valence-corrected chi connectivity index (χ0v) is 17.8. The Labute approximate surface area is 177 Å². The van der Waals surface area contributed by atoms with Crippen molar-refractivity contribution in [1.82, 2.24) is 9.21 Å². The first-order valence-corrected chi connectivity index (χ1v) is 12.0. The standard InChI is InChI=1S/C22H26N4O3S/c1-30(28,29)25-14-8-13-24(15-16-25)22(27)20-17-21(18-9-4-2-5-10-18)26(23-20)19-11-6-3-7-12-19/h2-7,9-12,21H,8,13-17H2,1H3. The van der Waals surface area contributed by atoms with Crippen molar-refractivity contribution in [3.8, 4) is 0 Å². The van der Waals surface area contributed by atoms with Gasteiger partial charge in [0, 0.05) is 32.6 Å². The molecule has 30 heavy (non-hydrogen) atoms. The van der Waals surface area contributed by atoms with Crippen molar-refractivity contribution in [2.75, 3.05) is 37.4 Å². The van der Waals surface area contributed by atoms with Crippen molar-refractivity contribution >= 4 is 27.3 Å². The van der Waals surface area contributed by atoms with Crippen molar-refractivity contribution in [1.29, 1.82) is 0 Å². The van der Waals surface area contributed by atoms with Gasteiger partial charge in [-0.05, 0) is 24.1 Å². The number of hydrogen-bond donors (Lipinski definition) is 0. The second-order valence-corrected chi connectivity index (χ2v) is 9.65. The number of benzene rings is 2. The highest BCUT2D eigenvalue weighted by atomic mass is 32.2. The highest BCUT2D eigenvalue weighted by molar-refractivity contribution is 7.88. The van der Waals surface area contributed by atoms with Crippen molar-refractivity contribution in [2.24, 2.45) is 5.10 Å². The van der Waals surface area contributed by atoms with Gasteiger partial charge < -0.3 is 4.90 Å². The third-order valence-electron chi connectivity index (χ3n) is 5.57. The van der Waals surface area contributed by atoms with Crippen LogP contribution >= 0.6 is 0 Å². The van der Waals surface area contributed by atoms with E-state index < -0.39 is 10.0 Å². The van der Waals surface area contributed by atoms with Gasteiger partial charge in [0.15, 0.2) is 0 Å². The Morgan fingerprint density at radius 1 is 0.933 bits per heavy atom. The van der Waals surface area contributed by atoms with Crippen LogP contribution in [0.2, 0.25) is 0 Å². The smallest absolute Gasteiger partial charge is 0.270 e. The Morgan fingerprint density at radius 3 is 2.27 bits per heavy atom. The molecule has 2 heterocycles. The molecule has 0 aliphatic carbocycles. The minimum Gasteiger partial charge on any atom is -0.336 e. The number of sulfonamides is 1. The van der Waals surface area contributed by atoms with E-state index in [0.29, 0.717) is 44.7 Å². The Hall–Kier alpha value is -2.71. The zero-order chi connectivity index (χ0) is 21.1. The van der Waals surface area contributed by atoms with E-state index >= 15 is 0 Å². The monoisotopic (exact) mass is 426 g/mol. The zero-order valence-electron chi connectivity index (χ0n) is 17.0. The first-order valence-electron chi connectivity index (χ1n) is 10.1. The predicted molar refractivity (Wildman–Crippen MR) is 118 cm³/mol. The number of anilines is 1. The third kappa shape index (κ3) is 4.39. The molecule has 0 radical (unpaired) electrons. The molecule has 7 nitrogen and oxygen atoms in total. The van der Waals surface area contributed by atoms with Crippen LogP contribution in [0, 0.1) is 0 Å². The summed E-state index contributed by atoms with van der Waals surface area (Å²) in [5.41, 5.74) is 2.56. The summed E-state index contributed by atoms with van der Waals surface area (Å²) in [6.07, 6.45) is 2.36. The Morgan fingerprint density at radius 2 is 1.60 bits per heavy atom. The van der Waals surface area contributed by atoms with Crippen LogP contribution in [0.1, 0.15) is 24.4 Å². The van der Waals surface area contributed by atoms with Gasteiger partial charge >= 0.3 is 0 Å². The summed E-state index contributed by atoms with van der Waals surface area (Å²) in [6.45, 7) is 1.68. The van der Waals surface area contributed by atoms with E-state index in [0.717, 1.165) is 11.3 Å². The van der Waals surface area contributed by atoms with Crippen LogP contribution in [0.3, 0.4) is 0 Å². The first-order chi connectivity index (χ1) is 14.4. The molecule has 0 aromatic heterocycles. The van der Waals surface area contributed by atoms with Gasteiger partial charge in [-0.2, -0.15) is 5.10 Å². The van der Waals surface area contributed by atoms with Crippen molar-refractivity contribution in [3.63, 3.8) is 0 Å². The quantitative estimate of drug-likeness (QED) is 0.753. The van der Waals surface area contributed by atoms with Crippen LogP contribution < -0.4 is 5.01 Å². The maximum absolute atomic E-state index is 13.3. The highest BCUT2D eigenvalue weighted by Gasteiger charge is 2.35. The van der Waals surface area contributed by atoms with Crippen LogP contribution in [0.15, 0.2) is 65.8 Å². The number of amides is 1. The lowest BCUT2D eigenvalue weighted by Crippen LogP contribution is -2.39. The van der Waals surface area contributed by atoms with Crippen molar-refractivity contribution in [2.45, 2.75) is 18.9 Å². The molecule has 1 atom stereocenters. The highest BCUT2D eigenvalue weighted by Crippen LogP contribution is 2.35. The van der Waals surface area contributed by atoms with Crippen LogP contribution in [0.5, 0.6) is 0 Å². The summed E-state index contributed by atoms with van der Waals surface area (Å²) in [5.74, 6) is -0.107. The fraction of sp³-hybridized carbons (Fsp3) is 0.364. The summed E-state index contributed by atoms with van der Waals surface area (Å²) in [7, 11) is -3.25. The maximum atomic E-state index is 13.3. The van der Waals surface area contributed by atoms with E-state index in [1.807, 2.05) is 53.5 Å². The summed E-state index contributed by atoms with van der Waals surface area (Å²) in [6, 6.07) is 19.9. The Bertz CT molecular complexity index is 1020. The predicted octanol–water partition coefficient (Wildman–Crippen LogP) is 2.49. The second-order valence-electron chi connectivity index (χ2n) is 7.67. The number of para-hydroxylation sites is 1. The van der Waals surface area contributed by atoms with E-state index in [1.165, 1.54) is 10.6 Å². The van der Waals surface area contributed by atoms with Gasteiger partial charge in [0.1, 0.15) is 5.71 Å². The van der Waals surface area contributed by atoms with Crippen LogP contribution in [-0.4, -0.2) is 61.7 Å². The first kappa shape index (κ1) is 20.6. The van der Waals surface area contributed by atoms with Crippen LogP contribution in [0.4, 0.5) is 5.69 Å². The molecule has 0 saturated carbocycles. The average molecular weight is 427 g/mol. The SMILES string of the molecule is CS(=O)(=O)N1CCCN(C(=O)C2=NN(c3ccccc3)C(c3ccccc3)C2)CC1. The van der Waals surface area contributed by atoms with Gasteiger partial charge in [0.05, 0.1) is 18.0 Å². The van der Waals surface area contributed by atoms with Gasteiger partial charge in [-0.25, -0.2) is 12.7 Å². The molecule has 8 heteroatoms. The van der Waals surface area contributed by atoms with Gasteiger partial charge in [-0.3, -0.25) is 9.80 Å². The molecule has 1 amide bonds. The molecule has 1 unspecified atom stereocenters. The number of rotatable bonds is 4. The molecule has 0 spiro atoms. The summed E-state index contributed by atoms with van der Waals surface area (Å²) < 4.78 is 25.2. The lowest BCUT2D eigenvalue weighted by molar-refractivity contribution is -0.124. The van der Waals surface area contributed by atoms with Crippen LogP contribution in [-0.2, 0) is 14.8 Å². The lowest BCUT2D eigenvalue weighted by atomic mass is 10.0. The summed E-state index contributed by atoms with van der Waals surface area (Å²) in [5, 5.41) is 6.64. The second kappa shape index (κ2) is 8.57. The molecular weight excluding hydrogens is 400 g/mol. The van der Waals surface area contributed by atoms with Crippen molar-refractivity contribution < 1.29 is 13.2 Å². The van der Waals surface area contributed by atoms with Gasteiger partial charge in [0.25, 0.3) is 5.91 Å². The molecular formula is C22H26N4O3S. The maximum Gasteiger partial charge on any atom is 0.270 e. The van der Waals surface area contributed by atoms with Crippen LogP contribution in [0.25, 0.3) is 0 Å². The van der Waals surface area contributed by atoms with E-state index in [1.54, 1.807) is 4.90 Å². The normalized spacial score (nSPS) is 20.7. The molecule has 0 N–H and O–H groups in total. The third-order valence-corrected chi connectivity index (χ3v) is 6.88. The number of hydrazone groups is 1. The minimum absolute atomic E-state index is 0.0490. The lowest BCUT2D eigenvalue weighted by Gasteiger charge is -2.23. The van der Waals surface area contributed by atoms with Gasteiger partial charge in [-0.15, -0.1) is 0 Å². The van der Waals surface area contributed by atoms with E-state index in [4.69, 9.17) is 5.10 Å². The Kier molecular flexibility index (Phi) is 5.87. The molecule has 4 rings (SSSR count). The molecule has 1 saturated heterocycles. The summed E-state index contributed by atoms with van der Waals surface area (Å²) in [4.78, 5) is 15.0.